The molecule has 0 unspecified atom stereocenters. The molecule has 1 N–H and O–H groups in total. The maximum Gasteiger partial charge on any atom is 0.253 e. The molecule has 1 aromatic rings. The third kappa shape index (κ3) is 3.49. The third-order valence-electron chi connectivity index (χ3n) is 3.89. The molecule has 0 saturated heterocycles. The van der Waals surface area contributed by atoms with Crippen molar-refractivity contribution in [2.75, 3.05) is 18.4 Å². The molecule has 0 atom stereocenters. The summed E-state index contributed by atoms with van der Waals surface area (Å²) in [7, 11) is 0. The van der Waals surface area contributed by atoms with Crippen LogP contribution in [0.3, 0.4) is 0 Å². The van der Waals surface area contributed by atoms with Crippen molar-refractivity contribution in [2.24, 2.45) is 0 Å². The number of rotatable bonds is 5. The molecular formula is C16H24N2O. The highest BCUT2D eigenvalue weighted by Crippen LogP contribution is 2.23. The Hall–Kier alpha value is -1.51. The van der Waals surface area contributed by atoms with Crippen molar-refractivity contribution < 1.29 is 4.79 Å². The van der Waals surface area contributed by atoms with E-state index in [1.165, 1.54) is 25.7 Å². The number of nitrogens with one attached hydrogen (secondary N) is 1. The molecule has 0 radical (unpaired) electrons. The largest absolute Gasteiger partial charge is 0.382 e. The van der Waals surface area contributed by atoms with Crippen LogP contribution in [-0.4, -0.2) is 29.9 Å². The van der Waals surface area contributed by atoms with E-state index in [2.05, 4.69) is 11.4 Å². The molecule has 1 fully saturated rings. The second-order valence-electron chi connectivity index (χ2n) is 5.18. The van der Waals surface area contributed by atoms with Gasteiger partial charge in [-0.3, -0.25) is 4.79 Å². The van der Waals surface area contributed by atoms with Gasteiger partial charge in [0.25, 0.3) is 5.91 Å². The van der Waals surface area contributed by atoms with E-state index < -0.39 is 0 Å². The van der Waals surface area contributed by atoms with Crippen molar-refractivity contribution in [1.29, 1.82) is 0 Å². The Morgan fingerprint density at radius 2 is 1.95 bits per heavy atom. The van der Waals surface area contributed by atoms with Crippen molar-refractivity contribution in [3.05, 3.63) is 29.8 Å². The zero-order chi connectivity index (χ0) is 13.7. The fourth-order valence-electron chi connectivity index (χ4n) is 2.74. The van der Waals surface area contributed by atoms with Gasteiger partial charge in [-0.1, -0.05) is 18.9 Å². The minimum atomic E-state index is 0.125. The molecule has 0 bridgehead atoms. The Morgan fingerprint density at radius 1 is 1.26 bits per heavy atom. The molecule has 0 spiro atoms. The Bertz CT molecular complexity index is 421. The summed E-state index contributed by atoms with van der Waals surface area (Å²) in [6, 6.07) is 8.49. The van der Waals surface area contributed by atoms with Crippen LogP contribution in [0.1, 0.15) is 49.9 Å². The maximum absolute atomic E-state index is 12.3. The molecule has 3 heteroatoms. The first-order valence-electron chi connectivity index (χ1n) is 7.40. The van der Waals surface area contributed by atoms with E-state index in [-0.39, 0.29) is 5.91 Å². The van der Waals surface area contributed by atoms with Gasteiger partial charge in [-0.2, -0.15) is 0 Å². The van der Waals surface area contributed by atoms with Crippen LogP contribution in [0.4, 0.5) is 5.69 Å². The molecule has 0 aromatic heterocycles. The summed E-state index contributed by atoms with van der Waals surface area (Å²) >= 11 is 0. The Morgan fingerprint density at radius 3 is 2.58 bits per heavy atom. The number of nitrogens with zero attached hydrogens (tertiary/aromatic N) is 1. The minimum Gasteiger partial charge on any atom is -0.382 e. The van der Waals surface area contributed by atoms with Crippen molar-refractivity contribution in [3.63, 3.8) is 0 Å². The van der Waals surface area contributed by atoms with Crippen LogP contribution in [0, 0.1) is 0 Å². The summed E-state index contributed by atoms with van der Waals surface area (Å²) in [5.74, 6) is 0.125. The lowest BCUT2D eigenvalue weighted by atomic mass is 10.1. The predicted octanol–water partition coefficient (Wildman–Crippen LogP) is 3.52. The van der Waals surface area contributed by atoms with Gasteiger partial charge < -0.3 is 10.2 Å². The standard InChI is InChI=1S/C16H24N2O/c1-3-18(4-2)16(19)13-8-7-11-15(12-13)17-14-9-5-6-10-14/h7-8,11-12,14,17H,3-6,9-10H2,1-2H3. The van der Waals surface area contributed by atoms with Crippen molar-refractivity contribution in [3.8, 4) is 0 Å². The van der Waals surface area contributed by atoms with Crippen LogP contribution < -0.4 is 5.32 Å². The number of carbonyl (C=O) groups is 1. The van der Waals surface area contributed by atoms with Gasteiger partial charge in [-0.05, 0) is 44.9 Å². The summed E-state index contributed by atoms with van der Waals surface area (Å²) < 4.78 is 0. The molecule has 3 nitrogen and oxygen atoms in total. The molecule has 1 aliphatic carbocycles. The molecular weight excluding hydrogens is 236 g/mol. The fourth-order valence-corrected chi connectivity index (χ4v) is 2.74. The highest BCUT2D eigenvalue weighted by Gasteiger charge is 2.16. The predicted molar refractivity (Wildman–Crippen MR) is 79.6 cm³/mol. The Kier molecular flexibility index (Phi) is 4.83. The van der Waals surface area contributed by atoms with Crippen LogP contribution >= 0.6 is 0 Å². The van der Waals surface area contributed by atoms with Gasteiger partial charge in [0.15, 0.2) is 0 Å². The third-order valence-corrected chi connectivity index (χ3v) is 3.89. The molecule has 0 heterocycles. The smallest absolute Gasteiger partial charge is 0.253 e. The van der Waals surface area contributed by atoms with Crippen LogP contribution in [0.2, 0.25) is 0 Å². The molecule has 1 aromatic carbocycles. The second-order valence-corrected chi connectivity index (χ2v) is 5.18. The van der Waals surface area contributed by atoms with Gasteiger partial charge in [0.05, 0.1) is 0 Å². The van der Waals surface area contributed by atoms with Gasteiger partial charge >= 0.3 is 0 Å². The number of hydrogen-bond acceptors (Lipinski definition) is 2. The molecule has 104 valence electrons. The lowest BCUT2D eigenvalue weighted by Crippen LogP contribution is -2.30. The van der Waals surface area contributed by atoms with Crippen molar-refractivity contribution >= 4 is 11.6 Å². The zero-order valence-electron chi connectivity index (χ0n) is 12.0. The Labute approximate surface area is 116 Å². The average Bonchev–Trinajstić information content (AvgIpc) is 2.93. The zero-order valence-corrected chi connectivity index (χ0v) is 12.0. The summed E-state index contributed by atoms with van der Waals surface area (Å²) in [4.78, 5) is 14.2. The second kappa shape index (κ2) is 6.60. The molecule has 19 heavy (non-hydrogen) atoms. The van der Waals surface area contributed by atoms with Gasteiger partial charge in [0.2, 0.25) is 0 Å². The number of hydrogen-bond donors (Lipinski definition) is 1. The summed E-state index contributed by atoms with van der Waals surface area (Å²) in [6.07, 6.45) is 5.12. The summed E-state index contributed by atoms with van der Waals surface area (Å²) in [5, 5.41) is 3.54. The summed E-state index contributed by atoms with van der Waals surface area (Å²) in [5.41, 5.74) is 1.86. The highest BCUT2D eigenvalue weighted by molar-refractivity contribution is 5.95. The van der Waals surface area contributed by atoms with Crippen LogP contribution in [0.25, 0.3) is 0 Å². The number of anilines is 1. The SMILES string of the molecule is CCN(CC)C(=O)c1cccc(NC2CCCC2)c1. The monoisotopic (exact) mass is 260 g/mol. The Balaban J connectivity index is 2.07. The van der Waals surface area contributed by atoms with Crippen LogP contribution in [0.5, 0.6) is 0 Å². The molecule has 1 aliphatic rings. The van der Waals surface area contributed by atoms with E-state index >= 15 is 0 Å². The lowest BCUT2D eigenvalue weighted by molar-refractivity contribution is 0.0773. The van der Waals surface area contributed by atoms with E-state index in [4.69, 9.17) is 0 Å². The quantitative estimate of drug-likeness (QED) is 0.878. The summed E-state index contributed by atoms with van der Waals surface area (Å²) in [6.45, 7) is 5.55. The first kappa shape index (κ1) is 13.9. The highest BCUT2D eigenvalue weighted by atomic mass is 16.2. The van der Waals surface area contributed by atoms with Crippen LogP contribution in [-0.2, 0) is 0 Å². The van der Waals surface area contributed by atoms with Crippen LogP contribution in [0.15, 0.2) is 24.3 Å². The normalized spacial score (nSPS) is 15.5. The average molecular weight is 260 g/mol. The minimum absolute atomic E-state index is 0.125. The van der Waals surface area contributed by atoms with Gasteiger partial charge in [-0.15, -0.1) is 0 Å². The number of amides is 1. The van der Waals surface area contributed by atoms with Crippen molar-refractivity contribution in [2.45, 2.75) is 45.6 Å². The number of benzene rings is 1. The van der Waals surface area contributed by atoms with E-state index in [9.17, 15) is 4.79 Å². The van der Waals surface area contributed by atoms with E-state index in [0.717, 1.165) is 24.3 Å². The fraction of sp³-hybridized carbons (Fsp3) is 0.562. The van der Waals surface area contributed by atoms with Gasteiger partial charge in [0.1, 0.15) is 0 Å². The first-order valence-corrected chi connectivity index (χ1v) is 7.40. The topological polar surface area (TPSA) is 32.3 Å². The van der Waals surface area contributed by atoms with Gasteiger partial charge in [0, 0.05) is 30.4 Å². The number of carbonyl (C=O) groups excluding carboxylic acids is 1. The molecule has 2 rings (SSSR count). The molecule has 1 amide bonds. The van der Waals surface area contributed by atoms with E-state index in [1.807, 2.05) is 36.9 Å². The first-order chi connectivity index (χ1) is 9.24. The van der Waals surface area contributed by atoms with Crippen molar-refractivity contribution in [1.82, 2.24) is 4.90 Å². The van der Waals surface area contributed by atoms with Gasteiger partial charge in [-0.25, -0.2) is 0 Å². The lowest BCUT2D eigenvalue weighted by Gasteiger charge is -2.19. The molecule has 1 saturated carbocycles. The van der Waals surface area contributed by atoms with E-state index in [0.29, 0.717) is 6.04 Å². The molecule has 0 aliphatic heterocycles. The maximum atomic E-state index is 12.3. The van der Waals surface area contributed by atoms with E-state index in [1.54, 1.807) is 0 Å².